The second-order valence-electron chi connectivity index (χ2n) is 3.10. The van der Waals surface area contributed by atoms with Crippen molar-refractivity contribution in [2.45, 2.75) is 19.1 Å². The van der Waals surface area contributed by atoms with E-state index in [1.54, 1.807) is 0 Å². The number of rotatable bonds is 0. The number of nitrogens with zero attached hydrogens (tertiary/aromatic N) is 2. The lowest BCUT2D eigenvalue weighted by Crippen LogP contribution is -2.30. The van der Waals surface area contributed by atoms with Gasteiger partial charge in [0.15, 0.2) is 13.2 Å². The molecule has 2 rings (SSSR count). The summed E-state index contributed by atoms with van der Waals surface area (Å²) in [5, 5.41) is 4.33. The molecular formula is C8H13N2O+. The van der Waals surface area contributed by atoms with E-state index in [4.69, 9.17) is 4.74 Å². The minimum Gasteiger partial charge on any atom is -0.350 e. The second-order valence-corrected chi connectivity index (χ2v) is 3.10. The molecule has 0 saturated carbocycles. The van der Waals surface area contributed by atoms with E-state index in [0.717, 1.165) is 6.61 Å². The molecule has 0 spiro atoms. The Bertz CT molecular complexity index is 210. The maximum absolute atomic E-state index is 5.49. The van der Waals surface area contributed by atoms with Gasteiger partial charge in [0.1, 0.15) is 0 Å². The van der Waals surface area contributed by atoms with Crippen molar-refractivity contribution in [2.24, 2.45) is 11.0 Å². The van der Waals surface area contributed by atoms with Crippen LogP contribution in [0.1, 0.15) is 12.8 Å². The molecule has 0 aromatic carbocycles. The number of ether oxygens (including phenoxy) is 1. The molecule has 0 N–H and O–H groups in total. The first kappa shape index (κ1) is 6.98. The molecular weight excluding hydrogens is 140 g/mol. The molecule has 2 aliphatic heterocycles. The molecule has 0 amide bonds. The van der Waals surface area contributed by atoms with Gasteiger partial charge in [-0.25, -0.2) is 0 Å². The van der Waals surface area contributed by atoms with Gasteiger partial charge >= 0.3 is 0 Å². The summed E-state index contributed by atoms with van der Waals surface area (Å²) in [6.07, 6.45) is 6.69. The normalized spacial score (nSPS) is 36.3. The fourth-order valence-electron chi connectivity index (χ4n) is 1.55. The summed E-state index contributed by atoms with van der Waals surface area (Å²) >= 11 is 0. The Labute approximate surface area is 66.4 Å². The van der Waals surface area contributed by atoms with Crippen LogP contribution < -0.4 is 0 Å². The van der Waals surface area contributed by atoms with Crippen molar-refractivity contribution in [2.75, 3.05) is 13.7 Å². The molecule has 2 unspecified atom stereocenters. The van der Waals surface area contributed by atoms with Gasteiger partial charge in [-0.1, -0.05) is 4.70 Å². The van der Waals surface area contributed by atoms with Crippen LogP contribution in [0.4, 0.5) is 0 Å². The molecule has 0 aromatic heterocycles. The third-order valence-electron chi connectivity index (χ3n) is 2.18. The molecule has 2 atom stereocenters. The SMILES string of the molecule is C[N+]1=NC2OCCCC2C=C1. The molecule has 0 aromatic rings. The quantitative estimate of drug-likeness (QED) is 0.482. The van der Waals surface area contributed by atoms with Gasteiger partial charge in [0.25, 0.3) is 0 Å². The van der Waals surface area contributed by atoms with Crippen LogP contribution >= 0.6 is 0 Å². The number of hydrogen-bond acceptors (Lipinski definition) is 2. The van der Waals surface area contributed by atoms with Crippen LogP contribution in [-0.4, -0.2) is 24.6 Å². The molecule has 3 heteroatoms. The number of hydrogen-bond donors (Lipinski definition) is 0. The van der Waals surface area contributed by atoms with Crippen LogP contribution in [-0.2, 0) is 4.74 Å². The second kappa shape index (κ2) is 2.74. The molecule has 60 valence electrons. The third kappa shape index (κ3) is 1.33. The Morgan fingerprint density at radius 3 is 3.45 bits per heavy atom. The van der Waals surface area contributed by atoms with Crippen LogP contribution in [0.2, 0.25) is 0 Å². The van der Waals surface area contributed by atoms with Crippen molar-refractivity contribution < 1.29 is 9.43 Å². The summed E-state index contributed by atoms with van der Waals surface area (Å²) in [6.45, 7) is 0.867. The fraction of sp³-hybridized carbons (Fsp3) is 0.750. The minimum atomic E-state index is 0.0961. The van der Waals surface area contributed by atoms with Crippen molar-refractivity contribution in [3.05, 3.63) is 12.3 Å². The highest BCUT2D eigenvalue weighted by Crippen LogP contribution is 2.25. The van der Waals surface area contributed by atoms with Gasteiger partial charge < -0.3 is 4.74 Å². The smallest absolute Gasteiger partial charge is 0.217 e. The molecule has 2 heterocycles. The molecule has 0 radical (unpaired) electrons. The number of azo groups is 2. The highest BCUT2D eigenvalue weighted by molar-refractivity contribution is 4.89. The van der Waals surface area contributed by atoms with Gasteiger partial charge in [0, 0.05) is 12.5 Å². The Balaban J connectivity index is 2.13. The van der Waals surface area contributed by atoms with Crippen molar-refractivity contribution >= 4 is 0 Å². The Kier molecular flexibility index (Phi) is 1.74. The van der Waals surface area contributed by atoms with Gasteiger partial charge in [-0.2, -0.15) is 0 Å². The number of fused-ring (bicyclic) bond motifs is 1. The van der Waals surface area contributed by atoms with Gasteiger partial charge in [0.05, 0.1) is 0 Å². The highest BCUT2D eigenvalue weighted by atomic mass is 16.5. The molecule has 0 bridgehead atoms. The van der Waals surface area contributed by atoms with Crippen LogP contribution in [0.3, 0.4) is 0 Å². The Morgan fingerprint density at radius 2 is 2.55 bits per heavy atom. The van der Waals surface area contributed by atoms with Crippen molar-refractivity contribution in [3.63, 3.8) is 0 Å². The predicted octanol–water partition coefficient (Wildman–Crippen LogP) is 1.36. The summed E-state index contributed by atoms with van der Waals surface area (Å²) in [4.78, 5) is 0. The highest BCUT2D eigenvalue weighted by Gasteiger charge is 2.29. The average molecular weight is 153 g/mol. The van der Waals surface area contributed by atoms with E-state index in [1.807, 2.05) is 17.9 Å². The largest absolute Gasteiger partial charge is 0.350 e. The summed E-state index contributed by atoms with van der Waals surface area (Å²) in [7, 11) is 1.94. The molecule has 3 nitrogen and oxygen atoms in total. The lowest BCUT2D eigenvalue weighted by molar-refractivity contribution is -0.513. The van der Waals surface area contributed by atoms with E-state index in [-0.39, 0.29) is 6.23 Å². The maximum Gasteiger partial charge on any atom is 0.217 e. The van der Waals surface area contributed by atoms with Crippen molar-refractivity contribution in [1.29, 1.82) is 0 Å². The Hall–Kier alpha value is -0.700. The molecule has 0 aliphatic carbocycles. The molecule has 1 fully saturated rings. The zero-order valence-corrected chi connectivity index (χ0v) is 6.73. The van der Waals surface area contributed by atoms with E-state index in [2.05, 4.69) is 11.2 Å². The van der Waals surface area contributed by atoms with E-state index in [1.165, 1.54) is 12.8 Å². The summed E-state index contributed by atoms with van der Waals surface area (Å²) in [5.74, 6) is 0.528. The van der Waals surface area contributed by atoms with E-state index in [0.29, 0.717) is 5.92 Å². The zero-order chi connectivity index (χ0) is 7.68. The topological polar surface area (TPSA) is 24.6 Å². The first-order chi connectivity index (χ1) is 5.36. The third-order valence-corrected chi connectivity index (χ3v) is 2.18. The monoisotopic (exact) mass is 153 g/mol. The van der Waals surface area contributed by atoms with Crippen LogP contribution in [0.5, 0.6) is 0 Å². The molecule has 1 saturated heterocycles. The predicted molar refractivity (Wildman–Crippen MR) is 40.2 cm³/mol. The summed E-state index contributed by atoms with van der Waals surface area (Å²) < 4.78 is 7.32. The van der Waals surface area contributed by atoms with Gasteiger partial charge in [-0.05, 0) is 24.0 Å². The zero-order valence-electron chi connectivity index (χ0n) is 6.73. The Morgan fingerprint density at radius 1 is 1.64 bits per heavy atom. The first-order valence-electron chi connectivity index (χ1n) is 4.10. The maximum atomic E-state index is 5.49. The molecule has 2 aliphatic rings. The standard InChI is InChI=1S/C8H13N2O/c1-10-5-4-7-3-2-6-11-8(7)9-10/h4-5,7-8H,2-3,6H2,1H3/q+1. The van der Waals surface area contributed by atoms with Gasteiger partial charge in [-0.3, -0.25) is 0 Å². The van der Waals surface area contributed by atoms with E-state index < -0.39 is 0 Å². The minimum absolute atomic E-state index is 0.0961. The molecule has 11 heavy (non-hydrogen) atoms. The first-order valence-corrected chi connectivity index (χ1v) is 4.10. The summed E-state index contributed by atoms with van der Waals surface area (Å²) in [5.41, 5.74) is 0. The van der Waals surface area contributed by atoms with Crippen LogP contribution in [0.25, 0.3) is 0 Å². The van der Waals surface area contributed by atoms with Crippen molar-refractivity contribution in [1.82, 2.24) is 0 Å². The van der Waals surface area contributed by atoms with E-state index >= 15 is 0 Å². The lowest BCUT2D eigenvalue weighted by Gasteiger charge is -2.25. The average Bonchev–Trinajstić information content (AvgIpc) is 2.04. The van der Waals surface area contributed by atoms with Gasteiger partial charge in [0.2, 0.25) is 6.23 Å². The van der Waals surface area contributed by atoms with Crippen molar-refractivity contribution in [3.8, 4) is 0 Å². The fourth-order valence-corrected chi connectivity index (χ4v) is 1.55. The van der Waals surface area contributed by atoms with Crippen LogP contribution in [0.15, 0.2) is 17.4 Å². The van der Waals surface area contributed by atoms with E-state index in [9.17, 15) is 0 Å². The van der Waals surface area contributed by atoms with Gasteiger partial charge in [-0.15, -0.1) is 0 Å². The van der Waals surface area contributed by atoms with Crippen LogP contribution in [0, 0.1) is 5.92 Å². The lowest BCUT2D eigenvalue weighted by atomic mass is 9.99. The summed E-state index contributed by atoms with van der Waals surface area (Å²) in [6, 6.07) is 0.